The van der Waals surface area contributed by atoms with Gasteiger partial charge in [0.1, 0.15) is 0 Å². The first-order valence-electron chi connectivity index (χ1n) is 4.58. The van der Waals surface area contributed by atoms with Crippen molar-refractivity contribution in [2.75, 3.05) is 5.32 Å². The summed E-state index contributed by atoms with van der Waals surface area (Å²) in [4.78, 5) is 11.3. The van der Waals surface area contributed by atoms with Gasteiger partial charge in [-0.1, -0.05) is 18.2 Å². The third-order valence-corrected chi connectivity index (χ3v) is 2.38. The number of benzene rings is 1. The van der Waals surface area contributed by atoms with Crippen LogP contribution < -0.4 is 5.32 Å². The summed E-state index contributed by atoms with van der Waals surface area (Å²) in [5.74, 6) is -0.116. The molecule has 2 nitrogen and oxygen atoms in total. The lowest BCUT2D eigenvalue weighted by Gasteiger charge is -2.00. The second-order valence-corrected chi connectivity index (χ2v) is 4.13. The van der Waals surface area contributed by atoms with Gasteiger partial charge in [0, 0.05) is 15.3 Å². The fourth-order valence-electron chi connectivity index (χ4n) is 0.971. The number of halogens is 1. The molecular weight excluding hydrogens is 301 g/mol. The first-order valence-corrected chi connectivity index (χ1v) is 5.66. The maximum atomic E-state index is 11.3. The molecule has 15 heavy (non-hydrogen) atoms. The van der Waals surface area contributed by atoms with Gasteiger partial charge in [-0.25, -0.2) is 0 Å². The van der Waals surface area contributed by atoms with E-state index in [-0.39, 0.29) is 5.91 Å². The van der Waals surface area contributed by atoms with E-state index in [1.165, 1.54) is 6.08 Å². The Kier molecular flexibility index (Phi) is 5.10. The average molecular weight is 313 g/mol. The van der Waals surface area contributed by atoms with E-state index >= 15 is 0 Å². The van der Waals surface area contributed by atoms with Crippen LogP contribution in [0.2, 0.25) is 0 Å². The van der Waals surface area contributed by atoms with Crippen LogP contribution in [-0.4, -0.2) is 5.91 Å². The maximum absolute atomic E-state index is 11.3. The zero-order valence-electron chi connectivity index (χ0n) is 8.41. The predicted octanol–water partition coefficient (Wildman–Crippen LogP) is 3.36. The molecule has 1 rings (SSSR count). The summed E-state index contributed by atoms with van der Waals surface area (Å²) in [6.07, 6.45) is 6.89. The number of nitrogens with one attached hydrogen (secondary N) is 1. The highest BCUT2D eigenvalue weighted by Gasteiger charge is 1.95. The molecule has 0 saturated heterocycles. The lowest BCUT2D eigenvalue weighted by Crippen LogP contribution is -2.07. The average Bonchev–Trinajstić information content (AvgIpc) is 2.22. The molecule has 0 aliphatic rings. The van der Waals surface area contributed by atoms with Crippen molar-refractivity contribution in [2.45, 2.75) is 6.92 Å². The number of amides is 1. The minimum atomic E-state index is -0.116. The second kappa shape index (κ2) is 6.40. The Morgan fingerprint density at radius 1 is 1.27 bits per heavy atom. The fourth-order valence-corrected chi connectivity index (χ4v) is 1.33. The molecule has 3 heteroatoms. The van der Waals surface area contributed by atoms with Crippen molar-refractivity contribution >= 4 is 34.2 Å². The smallest absolute Gasteiger partial charge is 0.248 e. The van der Waals surface area contributed by atoms with Crippen molar-refractivity contribution in [2.24, 2.45) is 0 Å². The van der Waals surface area contributed by atoms with Gasteiger partial charge in [0.15, 0.2) is 0 Å². The number of hydrogen-bond donors (Lipinski definition) is 1. The van der Waals surface area contributed by atoms with Gasteiger partial charge in [0.05, 0.1) is 0 Å². The zero-order chi connectivity index (χ0) is 11.1. The lowest BCUT2D eigenvalue weighted by molar-refractivity contribution is -0.111. The summed E-state index contributed by atoms with van der Waals surface area (Å²) in [6, 6.07) is 7.66. The van der Waals surface area contributed by atoms with Crippen LogP contribution in [0.4, 0.5) is 5.69 Å². The standard InChI is InChI=1S/C12H12INO/c1-2-3-4-5-12(15)14-11-8-6-10(13)7-9-11/h2-9H,1H3,(H,14,15)/b3-2-,5-4-. The molecule has 1 aromatic carbocycles. The van der Waals surface area contributed by atoms with Gasteiger partial charge in [0.2, 0.25) is 5.91 Å². The molecule has 0 unspecified atom stereocenters. The van der Waals surface area contributed by atoms with Crippen molar-refractivity contribution < 1.29 is 4.79 Å². The number of anilines is 1. The van der Waals surface area contributed by atoms with Crippen LogP contribution in [0.15, 0.2) is 48.6 Å². The highest BCUT2D eigenvalue weighted by molar-refractivity contribution is 14.1. The Hall–Kier alpha value is -1.10. The molecule has 0 fully saturated rings. The molecule has 78 valence electrons. The molecule has 0 spiro atoms. The van der Waals surface area contributed by atoms with E-state index < -0.39 is 0 Å². The van der Waals surface area contributed by atoms with Crippen molar-refractivity contribution in [1.82, 2.24) is 0 Å². The summed E-state index contributed by atoms with van der Waals surface area (Å²) >= 11 is 2.22. The summed E-state index contributed by atoms with van der Waals surface area (Å²) in [6.45, 7) is 1.90. The van der Waals surface area contributed by atoms with Gasteiger partial charge in [-0.15, -0.1) is 0 Å². The molecule has 0 aliphatic carbocycles. The largest absolute Gasteiger partial charge is 0.323 e. The Labute approximate surface area is 103 Å². The third kappa shape index (κ3) is 4.78. The Balaban J connectivity index is 2.55. The van der Waals surface area contributed by atoms with Crippen LogP contribution in [-0.2, 0) is 4.79 Å². The van der Waals surface area contributed by atoms with Crippen molar-refractivity contribution in [3.8, 4) is 0 Å². The Morgan fingerprint density at radius 3 is 2.53 bits per heavy atom. The van der Waals surface area contributed by atoms with E-state index in [0.717, 1.165) is 9.26 Å². The van der Waals surface area contributed by atoms with E-state index in [1.807, 2.05) is 43.3 Å². The number of hydrogen-bond acceptors (Lipinski definition) is 1. The highest BCUT2D eigenvalue weighted by atomic mass is 127. The van der Waals surface area contributed by atoms with Crippen molar-refractivity contribution in [3.63, 3.8) is 0 Å². The van der Waals surface area contributed by atoms with E-state index in [1.54, 1.807) is 6.08 Å². The molecule has 0 atom stereocenters. The second-order valence-electron chi connectivity index (χ2n) is 2.88. The van der Waals surface area contributed by atoms with Crippen LogP contribution in [0.25, 0.3) is 0 Å². The van der Waals surface area contributed by atoms with Crippen molar-refractivity contribution in [1.29, 1.82) is 0 Å². The SMILES string of the molecule is C/C=C\C=C/C(=O)Nc1ccc(I)cc1. The summed E-state index contributed by atoms with van der Waals surface area (Å²) in [5, 5.41) is 2.77. The topological polar surface area (TPSA) is 29.1 Å². The van der Waals surface area contributed by atoms with Crippen LogP contribution in [0, 0.1) is 3.57 Å². The molecule has 1 aromatic rings. The van der Waals surface area contributed by atoms with Gasteiger partial charge in [0.25, 0.3) is 0 Å². The summed E-state index contributed by atoms with van der Waals surface area (Å²) in [5.41, 5.74) is 0.811. The zero-order valence-corrected chi connectivity index (χ0v) is 10.6. The number of carbonyl (C=O) groups excluding carboxylic acids is 1. The van der Waals surface area contributed by atoms with E-state index in [0.29, 0.717) is 0 Å². The van der Waals surface area contributed by atoms with Crippen LogP contribution >= 0.6 is 22.6 Å². The minimum absolute atomic E-state index is 0.116. The van der Waals surface area contributed by atoms with Gasteiger partial charge in [-0.2, -0.15) is 0 Å². The van der Waals surface area contributed by atoms with Crippen molar-refractivity contribution in [3.05, 3.63) is 52.1 Å². The van der Waals surface area contributed by atoms with E-state index in [9.17, 15) is 4.79 Å². The molecule has 0 aromatic heterocycles. The van der Waals surface area contributed by atoms with Crippen LogP contribution in [0.3, 0.4) is 0 Å². The van der Waals surface area contributed by atoms with E-state index in [4.69, 9.17) is 0 Å². The van der Waals surface area contributed by atoms with Gasteiger partial charge in [-0.3, -0.25) is 4.79 Å². The third-order valence-electron chi connectivity index (χ3n) is 1.66. The first kappa shape index (κ1) is 12.0. The molecule has 1 N–H and O–H groups in total. The normalized spacial score (nSPS) is 11.1. The predicted molar refractivity (Wildman–Crippen MR) is 71.7 cm³/mol. The number of carbonyl (C=O) groups is 1. The lowest BCUT2D eigenvalue weighted by atomic mass is 10.3. The molecule has 0 bridgehead atoms. The minimum Gasteiger partial charge on any atom is -0.323 e. The molecule has 0 radical (unpaired) electrons. The van der Waals surface area contributed by atoms with E-state index in [2.05, 4.69) is 27.9 Å². The van der Waals surface area contributed by atoms with Crippen LogP contribution in [0.5, 0.6) is 0 Å². The maximum Gasteiger partial charge on any atom is 0.248 e. The number of rotatable bonds is 3. The first-order chi connectivity index (χ1) is 7.22. The molecule has 0 heterocycles. The molecule has 1 amide bonds. The highest BCUT2D eigenvalue weighted by Crippen LogP contribution is 2.10. The van der Waals surface area contributed by atoms with Crippen LogP contribution in [0.1, 0.15) is 6.92 Å². The van der Waals surface area contributed by atoms with Gasteiger partial charge >= 0.3 is 0 Å². The molecule has 0 aliphatic heterocycles. The Bertz CT molecular complexity index is 379. The van der Waals surface area contributed by atoms with Gasteiger partial charge < -0.3 is 5.32 Å². The molecule has 0 saturated carbocycles. The summed E-state index contributed by atoms with van der Waals surface area (Å²) < 4.78 is 1.15. The monoisotopic (exact) mass is 313 g/mol. The summed E-state index contributed by atoms with van der Waals surface area (Å²) in [7, 11) is 0. The Morgan fingerprint density at radius 2 is 1.93 bits per heavy atom. The number of allylic oxidation sites excluding steroid dienone is 3. The van der Waals surface area contributed by atoms with Gasteiger partial charge in [-0.05, 0) is 53.8 Å². The fraction of sp³-hybridized carbons (Fsp3) is 0.0833. The molecular formula is C12H12INO. The quantitative estimate of drug-likeness (QED) is 0.517.